The lowest BCUT2D eigenvalue weighted by molar-refractivity contribution is 0.0270. The highest BCUT2D eigenvalue weighted by atomic mass is 16.6. The minimum absolute atomic E-state index is 0.275. The second-order valence-electron chi connectivity index (χ2n) is 8.60. The van der Waals surface area contributed by atoms with E-state index < -0.39 is 5.60 Å². The van der Waals surface area contributed by atoms with Crippen LogP contribution in [0, 0.1) is 11.3 Å². The highest BCUT2D eigenvalue weighted by Gasteiger charge is 2.24. The lowest BCUT2D eigenvalue weighted by Crippen LogP contribution is -2.39. The first kappa shape index (κ1) is 21.4. The Labute approximate surface area is 186 Å². The Kier molecular flexibility index (Phi) is 5.87. The summed E-state index contributed by atoms with van der Waals surface area (Å²) in [6, 6.07) is 13.2. The Morgan fingerprint density at radius 1 is 1.25 bits per heavy atom. The molecule has 7 heteroatoms. The summed E-state index contributed by atoms with van der Waals surface area (Å²) in [5.74, 6) is 0.502. The molecule has 0 aliphatic carbocycles. The van der Waals surface area contributed by atoms with Crippen molar-refractivity contribution in [1.29, 1.82) is 5.26 Å². The van der Waals surface area contributed by atoms with Gasteiger partial charge in [-0.25, -0.2) is 9.78 Å². The second kappa shape index (κ2) is 8.75. The number of amides is 1. The Morgan fingerprint density at radius 3 is 2.81 bits per heavy atom. The lowest BCUT2D eigenvalue weighted by Gasteiger charge is -2.29. The molecule has 0 bridgehead atoms. The molecule has 0 unspecified atom stereocenters. The highest BCUT2D eigenvalue weighted by Crippen LogP contribution is 2.26. The molecule has 32 heavy (non-hydrogen) atoms. The summed E-state index contributed by atoms with van der Waals surface area (Å²) in [4.78, 5) is 18.6. The molecule has 0 N–H and O–H groups in total. The van der Waals surface area contributed by atoms with Crippen LogP contribution in [0.2, 0.25) is 0 Å². The number of nitriles is 1. The Hall–Kier alpha value is -3.79. The predicted octanol–water partition coefficient (Wildman–Crippen LogP) is 5.30. The van der Waals surface area contributed by atoms with E-state index in [-0.39, 0.29) is 12.7 Å². The second-order valence-corrected chi connectivity index (χ2v) is 8.60. The normalized spacial score (nSPS) is 14.1. The molecule has 1 aliphatic heterocycles. The van der Waals surface area contributed by atoms with Gasteiger partial charge in [0.1, 0.15) is 17.8 Å². The summed E-state index contributed by atoms with van der Waals surface area (Å²) < 4.78 is 16.9. The van der Waals surface area contributed by atoms with Crippen molar-refractivity contribution in [2.24, 2.45) is 0 Å². The molecular formula is C25H25N3O4. The molecule has 1 aromatic carbocycles. The van der Waals surface area contributed by atoms with Gasteiger partial charge in [0, 0.05) is 30.1 Å². The molecule has 2 aromatic heterocycles. The zero-order chi connectivity index (χ0) is 22.7. The van der Waals surface area contributed by atoms with Crippen LogP contribution >= 0.6 is 0 Å². The molecule has 0 fully saturated rings. The number of fused-ring (bicyclic) bond motifs is 1. The zero-order valence-electron chi connectivity index (χ0n) is 18.4. The van der Waals surface area contributed by atoms with Crippen LogP contribution in [0.15, 0.2) is 53.2 Å². The van der Waals surface area contributed by atoms with E-state index in [0.29, 0.717) is 36.5 Å². The number of ether oxygens (including phenoxy) is 2. The quantitative estimate of drug-likeness (QED) is 0.557. The smallest absolute Gasteiger partial charge is 0.410 e. The number of hydrogen-bond donors (Lipinski definition) is 0. The fourth-order valence-electron chi connectivity index (χ4n) is 3.55. The van der Waals surface area contributed by atoms with E-state index in [9.17, 15) is 10.1 Å². The number of hydrogen-bond acceptors (Lipinski definition) is 6. The maximum atomic E-state index is 12.3. The molecule has 1 amide bonds. The van der Waals surface area contributed by atoms with Crippen LogP contribution in [0.25, 0.3) is 16.5 Å². The SMILES string of the molecule is CC(C)(C)OC(=O)N1CC=C(c2cccc(OCc3ccc(C#N)c4ccoc34)n2)CC1. The Bertz CT molecular complexity index is 1210. The van der Waals surface area contributed by atoms with Gasteiger partial charge in [-0.3, -0.25) is 0 Å². The monoisotopic (exact) mass is 431 g/mol. The first-order valence-corrected chi connectivity index (χ1v) is 10.5. The molecule has 0 spiro atoms. The lowest BCUT2D eigenvalue weighted by atomic mass is 10.0. The third-order valence-corrected chi connectivity index (χ3v) is 5.11. The standard InChI is InChI=1S/C25H25N3O4/c1-25(2,3)32-24(29)28-12-9-17(10-13-28)21-5-4-6-22(27-21)31-16-19-8-7-18(15-26)20-11-14-30-23(19)20/h4-9,11,14H,10,12-13,16H2,1-3H3. The van der Waals surface area contributed by atoms with Crippen LogP contribution < -0.4 is 4.74 Å². The van der Waals surface area contributed by atoms with Crippen LogP contribution in [0.3, 0.4) is 0 Å². The molecule has 164 valence electrons. The number of carbonyl (C=O) groups excluding carboxylic acids is 1. The first-order chi connectivity index (χ1) is 15.3. The van der Waals surface area contributed by atoms with Gasteiger partial charge in [0.2, 0.25) is 5.88 Å². The molecule has 3 heterocycles. The van der Waals surface area contributed by atoms with Crippen molar-refractivity contribution in [1.82, 2.24) is 9.88 Å². The molecule has 0 saturated carbocycles. The molecule has 0 radical (unpaired) electrons. The van der Waals surface area contributed by atoms with Crippen molar-refractivity contribution in [2.45, 2.75) is 39.4 Å². The number of nitrogens with zero attached hydrogens (tertiary/aromatic N) is 3. The molecule has 7 nitrogen and oxygen atoms in total. The minimum atomic E-state index is -0.509. The average Bonchev–Trinajstić information content (AvgIpc) is 3.27. The van der Waals surface area contributed by atoms with Crippen LogP contribution in [-0.4, -0.2) is 34.7 Å². The summed E-state index contributed by atoms with van der Waals surface area (Å²) in [5, 5.41) is 10.0. The number of pyridine rings is 1. The van der Waals surface area contributed by atoms with Crippen LogP contribution in [0.4, 0.5) is 4.79 Å². The fourth-order valence-corrected chi connectivity index (χ4v) is 3.55. The number of aromatic nitrogens is 1. The minimum Gasteiger partial charge on any atom is -0.473 e. The maximum absolute atomic E-state index is 12.3. The number of furan rings is 1. The number of rotatable bonds is 4. The number of carbonyl (C=O) groups is 1. The summed E-state index contributed by atoms with van der Waals surface area (Å²) in [6.07, 6.45) is 3.97. The Balaban J connectivity index is 1.43. The average molecular weight is 431 g/mol. The van der Waals surface area contributed by atoms with Crippen molar-refractivity contribution in [2.75, 3.05) is 13.1 Å². The van der Waals surface area contributed by atoms with E-state index in [0.717, 1.165) is 22.2 Å². The fraction of sp³-hybridized carbons (Fsp3) is 0.320. The van der Waals surface area contributed by atoms with Gasteiger partial charge in [0.25, 0.3) is 0 Å². The maximum Gasteiger partial charge on any atom is 0.410 e. The van der Waals surface area contributed by atoms with Gasteiger partial charge in [-0.15, -0.1) is 0 Å². The summed E-state index contributed by atoms with van der Waals surface area (Å²) in [7, 11) is 0. The van der Waals surface area contributed by atoms with Crippen molar-refractivity contribution >= 4 is 22.6 Å². The molecule has 1 aliphatic rings. The predicted molar refractivity (Wildman–Crippen MR) is 120 cm³/mol. The van der Waals surface area contributed by atoms with Gasteiger partial charge in [0.05, 0.1) is 23.6 Å². The van der Waals surface area contributed by atoms with Crippen molar-refractivity contribution in [3.05, 3.63) is 65.6 Å². The molecule has 0 atom stereocenters. The van der Waals surface area contributed by atoms with E-state index >= 15 is 0 Å². The van der Waals surface area contributed by atoms with Crippen molar-refractivity contribution < 1.29 is 18.7 Å². The van der Waals surface area contributed by atoms with Gasteiger partial charge in [-0.1, -0.05) is 18.2 Å². The van der Waals surface area contributed by atoms with E-state index in [1.54, 1.807) is 23.3 Å². The number of benzene rings is 1. The van der Waals surface area contributed by atoms with E-state index in [1.807, 2.05) is 51.1 Å². The Morgan fingerprint density at radius 2 is 2.09 bits per heavy atom. The summed E-state index contributed by atoms with van der Waals surface area (Å²) in [5.41, 5.74) is 3.46. The third-order valence-electron chi connectivity index (χ3n) is 5.11. The van der Waals surface area contributed by atoms with Gasteiger partial charge in [0.15, 0.2) is 0 Å². The molecule has 4 rings (SSSR count). The van der Waals surface area contributed by atoms with E-state index in [2.05, 4.69) is 11.1 Å². The molecule has 0 saturated heterocycles. The van der Waals surface area contributed by atoms with Gasteiger partial charge in [-0.05, 0) is 51.0 Å². The first-order valence-electron chi connectivity index (χ1n) is 10.5. The van der Waals surface area contributed by atoms with Crippen molar-refractivity contribution in [3.8, 4) is 11.9 Å². The van der Waals surface area contributed by atoms with Gasteiger partial charge in [-0.2, -0.15) is 5.26 Å². The third kappa shape index (κ3) is 4.75. The molecule has 3 aromatic rings. The molecular weight excluding hydrogens is 406 g/mol. The summed E-state index contributed by atoms with van der Waals surface area (Å²) >= 11 is 0. The van der Waals surface area contributed by atoms with Crippen LogP contribution in [-0.2, 0) is 11.3 Å². The van der Waals surface area contributed by atoms with Crippen LogP contribution in [0.1, 0.15) is 44.0 Å². The highest BCUT2D eigenvalue weighted by molar-refractivity contribution is 5.86. The van der Waals surface area contributed by atoms with Gasteiger partial charge < -0.3 is 18.8 Å². The zero-order valence-corrected chi connectivity index (χ0v) is 18.4. The summed E-state index contributed by atoms with van der Waals surface area (Å²) in [6.45, 7) is 6.92. The van der Waals surface area contributed by atoms with E-state index in [4.69, 9.17) is 13.9 Å². The topological polar surface area (TPSA) is 88.6 Å². The largest absolute Gasteiger partial charge is 0.473 e. The van der Waals surface area contributed by atoms with Crippen molar-refractivity contribution in [3.63, 3.8) is 0 Å². The van der Waals surface area contributed by atoms with Gasteiger partial charge >= 0.3 is 6.09 Å². The van der Waals surface area contributed by atoms with Crippen LogP contribution in [0.5, 0.6) is 5.88 Å². The van der Waals surface area contributed by atoms with E-state index in [1.165, 1.54) is 0 Å².